The summed E-state index contributed by atoms with van der Waals surface area (Å²) in [6.45, 7) is 4.98. The molecular weight excluding hydrogens is 911 g/mol. The smallest absolute Gasteiger partial charge is 0.305 e. The van der Waals surface area contributed by atoms with E-state index in [2.05, 4.69) is 31.3 Å². The summed E-state index contributed by atoms with van der Waals surface area (Å²) in [5, 5.41) is 23.2. The van der Waals surface area contributed by atoms with Crippen molar-refractivity contribution in [3.05, 3.63) is 12.2 Å². The Morgan fingerprint density at radius 3 is 0.959 bits per heavy atom. The lowest BCUT2D eigenvalue weighted by Crippen LogP contribution is -2.45. The lowest BCUT2D eigenvalue weighted by Gasteiger charge is -2.22. The van der Waals surface area contributed by atoms with Gasteiger partial charge in [0.25, 0.3) is 0 Å². The first-order valence-corrected chi connectivity index (χ1v) is 33.9. The zero-order chi connectivity index (χ0) is 53.6. The molecular formula is C68H133NO5. The van der Waals surface area contributed by atoms with Gasteiger partial charge >= 0.3 is 5.97 Å². The summed E-state index contributed by atoms with van der Waals surface area (Å²) < 4.78 is 5.50. The van der Waals surface area contributed by atoms with Gasteiger partial charge in [0.15, 0.2) is 0 Å². The maximum Gasteiger partial charge on any atom is 0.305 e. The average molecular weight is 1040 g/mol. The SMILES string of the molecule is CCCCCCCCCCCCCCCCCCCC(=O)OCCCCCCCCCCCCCC/C=C\CCCCCCCCCCCCCCC(=O)NC(CO)C(O)CCCCCCCCCCCCCC. The molecule has 0 heterocycles. The molecule has 0 aromatic rings. The molecule has 0 rings (SSSR count). The van der Waals surface area contributed by atoms with Crippen LogP contribution < -0.4 is 5.32 Å². The Kier molecular flexibility index (Phi) is 62.9. The van der Waals surface area contributed by atoms with Crippen LogP contribution in [0.1, 0.15) is 386 Å². The number of rotatable bonds is 64. The highest BCUT2D eigenvalue weighted by atomic mass is 16.5. The highest BCUT2D eigenvalue weighted by Gasteiger charge is 2.20. The number of carbonyl (C=O) groups excluding carboxylic acids is 2. The molecule has 6 heteroatoms. The second kappa shape index (κ2) is 64.1. The summed E-state index contributed by atoms with van der Waals surface area (Å²) in [5.74, 6) is -0.0127. The molecule has 74 heavy (non-hydrogen) atoms. The van der Waals surface area contributed by atoms with Crippen molar-refractivity contribution in [2.24, 2.45) is 0 Å². The average Bonchev–Trinajstić information content (AvgIpc) is 3.40. The van der Waals surface area contributed by atoms with Crippen LogP contribution in [-0.4, -0.2) is 47.4 Å². The fraction of sp³-hybridized carbons (Fsp3) is 0.941. The Bertz CT molecular complexity index is 1110. The van der Waals surface area contributed by atoms with Crippen LogP contribution in [0.3, 0.4) is 0 Å². The van der Waals surface area contributed by atoms with Gasteiger partial charge in [-0.25, -0.2) is 0 Å². The summed E-state index contributed by atoms with van der Waals surface area (Å²) in [6, 6.07) is -0.540. The van der Waals surface area contributed by atoms with E-state index in [1.165, 1.54) is 315 Å². The van der Waals surface area contributed by atoms with E-state index in [0.717, 1.165) is 38.5 Å². The number of carbonyl (C=O) groups is 2. The number of hydrogen-bond acceptors (Lipinski definition) is 5. The van der Waals surface area contributed by atoms with Crippen LogP contribution in [0.4, 0.5) is 0 Å². The molecule has 0 aromatic carbocycles. The predicted molar refractivity (Wildman–Crippen MR) is 324 cm³/mol. The van der Waals surface area contributed by atoms with Crippen molar-refractivity contribution in [3.63, 3.8) is 0 Å². The van der Waals surface area contributed by atoms with E-state index in [9.17, 15) is 19.8 Å². The van der Waals surface area contributed by atoms with Gasteiger partial charge in [-0.3, -0.25) is 9.59 Å². The molecule has 440 valence electrons. The molecule has 2 atom stereocenters. The number of nitrogens with one attached hydrogen (secondary N) is 1. The molecule has 0 fully saturated rings. The van der Waals surface area contributed by atoms with Crippen molar-refractivity contribution in [1.29, 1.82) is 0 Å². The maximum atomic E-state index is 12.5. The van der Waals surface area contributed by atoms with Crippen molar-refractivity contribution in [2.45, 2.75) is 398 Å². The number of esters is 1. The zero-order valence-corrected chi connectivity index (χ0v) is 50.4. The number of aliphatic hydroxyl groups excluding tert-OH is 2. The van der Waals surface area contributed by atoms with E-state index in [0.29, 0.717) is 25.9 Å². The number of aliphatic hydroxyl groups is 2. The number of amides is 1. The molecule has 0 bridgehead atoms. The fourth-order valence-corrected chi connectivity index (χ4v) is 10.9. The molecule has 6 nitrogen and oxygen atoms in total. The van der Waals surface area contributed by atoms with E-state index in [1.807, 2.05) is 0 Å². The van der Waals surface area contributed by atoms with Gasteiger partial charge in [-0.05, 0) is 51.4 Å². The summed E-state index contributed by atoms with van der Waals surface area (Å²) in [7, 11) is 0. The summed E-state index contributed by atoms with van der Waals surface area (Å²) in [6.07, 6.45) is 78.3. The highest BCUT2D eigenvalue weighted by molar-refractivity contribution is 5.76. The molecule has 0 aliphatic carbocycles. The summed E-state index contributed by atoms with van der Waals surface area (Å²) >= 11 is 0. The first-order chi connectivity index (χ1) is 36.5. The minimum Gasteiger partial charge on any atom is -0.466 e. The first kappa shape index (κ1) is 72.6. The summed E-state index contributed by atoms with van der Waals surface area (Å²) in [5.41, 5.74) is 0. The van der Waals surface area contributed by atoms with Crippen molar-refractivity contribution in [3.8, 4) is 0 Å². The zero-order valence-electron chi connectivity index (χ0n) is 50.4. The van der Waals surface area contributed by atoms with Gasteiger partial charge in [-0.1, -0.05) is 334 Å². The normalized spacial score (nSPS) is 12.5. The molecule has 0 saturated carbocycles. The quantitative estimate of drug-likeness (QED) is 0.0320. The Morgan fingerprint density at radius 1 is 0.365 bits per heavy atom. The van der Waals surface area contributed by atoms with Gasteiger partial charge in [-0.2, -0.15) is 0 Å². The third-order valence-corrected chi connectivity index (χ3v) is 16.1. The van der Waals surface area contributed by atoms with Crippen LogP contribution in [0, 0.1) is 0 Å². The van der Waals surface area contributed by atoms with Crippen LogP contribution in [0.2, 0.25) is 0 Å². The van der Waals surface area contributed by atoms with Gasteiger partial charge in [0.05, 0.1) is 25.4 Å². The molecule has 0 radical (unpaired) electrons. The third kappa shape index (κ3) is 59.8. The highest BCUT2D eigenvalue weighted by Crippen LogP contribution is 2.19. The maximum absolute atomic E-state index is 12.5. The van der Waals surface area contributed by atoms with Crippen molar-refractivity contribution >= 4 is 11.9 Å². The number of ether oxygens (including phenoxy) is 1. The molecule has 3 N–H and O–H groups in total. The van der Waals surface area contributed by atoms with Gasteiger partial charge in [-0.15, -0.1) is 0 Å². The Labute approximate surface area is 463 Å². The van der Waals surface area contributed by atoms with E-state index in [1.54, 1.807) is 0 Å². The topological polar surface area (TPSA) is 95.9 Å². The molecule has 0 aliphatic rings. The minimum atomic E-state index is -0.662. The standard InChI is InChI=1S/C68H133NO5/c1-3-5-7-9-11-13-15-17-18-31-35-38-42-46-50-54-58-62-68(73)74-63-59-55-51-47-43-39-36-33-30-28-26-24-22-20-19-21-23-25-27-29-32-34-37-41-45-49-53-57-61-67(72)69-65(64-70)66(71)60-56-52-48-44-40-16-14-12-10-8-6-4-2/h19-20,65-66,70-71H,3-18,21-64H2,1-2H3,(H,69,72)/b20-19-. The molecule has 1 amide bonds. The molecule has 0 saturated heterocycles. The van der Waals surface area contributed by atoms with Gasteiger partial charge in [0, 0.05) is 12.8 Å². The van der Waals surface area contributed by atoms with Gasteiger partial charge in [0.2, 0.25) is 5.91 Å². The first-order valence-electron chi connectivity index (χ1n) is 33.9. The van der Waals surface area contributed by atoms with Crippen molar-refractivity contribution in [2.75, 3.05) is 13.2 Å². The summed E-state index contributed by atoms with van der Waals surface area (Å²) in [4.78, 5) is 24.6. The lowest BCUT2D eigenvalue weighted by atomic mass is 10.0. The predicted octanol–water partition coefficient (Wildman–Crippen LogP) is 21.6. The number of allylic oxidation sites excluding steroid dienone is 2. The van der Waals surface area contributed by atoms with E-state index >= 15 is 0 Å². The second-order valence-corrected chi connectivity index (χ2v) is 23.5. The van der Waals surface area contributed by atoms with Crippen LogP contribution >= 0.6 is 0 Å². The fourth-order valence-electron chi connectivity index (χ4n) is 10.9. The largest absolute Gasteiger partial charge is 0.466 e. The van der Waals surface area contributed by atoms with Crippen molar-refractivity contribution < 1.29 is 24.5 Å². The Morgan fingerprint density at radius 2 is 0.635 bits per heavy atom. The minimum absolute atomic E-state index is 0.0206. The van der Waals surface area contributed by atoms with Gasteiger partial charge < -0.3 is 20.3 Å². The van der Waals surface area contributed by atoms with Crippen LogP contribution in [0.25, 0.3) is 0 Å². The van der Waals surface area contributed by atoms with Crippen molar-refractivity contribution in [1.82, 2.24) is 5.32 Å². The molecule has 2 unspecified atom stereocenters. The third-order valence-electron chi connectivity index (χ3n) is 16.1. The Balaban J connectivity index is 3.34. The van der Waals surface area contributed by atoms with Crippen LogP contribution in [0.5, 0.6) is 0 Å². The van der Waals surface area contributed by atoms with Crippen LogP contribution in [-0.2, 0) is 14.3 Å². The Hall–Kier alpha value is -1.40. The monoisotopic (exact) mass is 1040 g/mol. The molecule has 0 spiro atoms. The van der Waals surface area contributed by atoms with Crippen LogP contribution in [0.15, 0.2) is 12.2 Å². The number of unbranched alkanes of at least 4 members (excludes halogenated alkanes) is 51. The van der Waals surface area contributed by atoms with Gasteiger partial charge in [0.1, 0.15) is 0 Å². The lowest BCUT2D eigenvalue weighted by molar-refractivity contribution is -0.143. The number of hydrogen-bond donors (Lipinski definition) is 3. The second-order valence-electron chi connectivity index (χ2n) is 23.5. The van der Waals surface area contributed by atoms with E-state index < -0.39 is 12.1 Å². The van der Waals surface area contributed by atoms with E-state index in [-0.39, 0.29) is 18.5 Å². The van der Waals surface area contributed by atoms with E-state index in [4.69, 9.17) is 4.74 Å². The molecule has 0 aliphatic heterocycles. The molecule has 0 aromatic heterocycles.